The van der Waals surface area contributed by atoms with Crippen LogP contribution >= 0.6 is 27.7 Å². The van der Waals surface area contributed by atoms with E-state index >= 15 is 0 Å². The molecule has 0 aromatic carbocycles. The van der Waals surface area contributed by atoms with E-state index in [9.17, 15) is 9.13 Å². The monoisotopic (exact) mass is 434 g/mol. The van der Waals surface area contributed by atoms with E-state index in [-0.39, 0.29) is 5.25 Å². The second-order valence-electron chi connectivity index (χ2n) is 6.34. The van der Waals surface area contributed by atoms with Gasteiger partial charge in [0, 0.05) is 17.3 Å². The summed E-state index contributed by atoms with van der Waals surface area (Å²) in [6, 6.07) is 0. The molecule has 26 heavy (non-hydrogen) atoms. The van der Waals surface area contributed by atoms with Gasteiger partial charge in [-0.05, 0) is 46.5 Å². The van der Waals surface area contributed by atoms with Gasteiger partial charge in [0.2, 0.25) is 0 Å². The third kappa shape index (κ3) is 10.8. The predicted molar refractivity (Wildman–Crippen MR) is 107 cm³/mol. The van der Waals surface area contributed by atoms with E-state index in [1.165, 1.54) is 0 Å². The van der Waals surface area contributed by atoms with Crippen molar-refractivity contribution in [3.63, 3.8) is 0 Å². The molecule has 0 spiro atoms. The molecule has 0 heterocycles. The highest BCUT2D eigenvalue weighted by Crippen LogP contribution is 2.69. The summed E-state index contributed by atoms with van der Waals surface area (Å²) in [5, 5.41) is 0.0674. The molecule has 7 nitrogen and oxygen atoms in total. The maximum atomic E-state index is 13.1. The molecule has 0 bridgehead atoms. The fourth-order valence-electron chi connectivity index (χ4n) is 1.32. The zero-order chi connectivity index (χ0) is 20.4. The highest BCUT2D eigenvalue weighted by molar-refractivity contribution is 7.98. The minimum atomic E-state index is -4.16. The first-order chi connectivity index (χ1) is 12.0. The maximum absolute atomic E-state index is 13.1. The minimum Gasteiger partial charge on any atom is -0.284 e. The highest BCUT2D eigenvalue weighted by atomic mass is 32.2. The largest absolute Gasteiger partial charge is 0.495 e. The zero-order valence-corrected chi connectivity index (χ0v) is 19.9. The van der Waals surface area contributed by atoms with Crippen LogP contribution in [0.4, 0.5) is 0 Å². The van der Waals surface area contributed by atoms with Crippen molar-refractivity contribution in [2.75, 3.05) is 0 Å². The molecule has 0 saturated heterocycles. The Morgan fingerprint density at radius 1 is 0.692 bits per heavy atom. The molecule has 5 unspecified atom stereocenters. The summed E-state index contributed by atoms with van der Waals surface area (Å²) >= 11 is 0.980. The topological polar surface area (TPSA) is 80.3 Å². The molecule has 0 aliphatic heterocycles. The SMILES string of the molecule is CCC(C)OP(=O)(OSC(C)CC)OP(=O)(OC(C)CC)OC(C)CC. The van der Waals surface area contributed by atoms with Crippen LogP contribution in [0, 0.1) is 0 Å². The first-order valence-electron chi connectivity index (χ1n) is 9.34. The Kier molecular flexibility index (Phi) is 13.3. The molecule has 0 saturated carbocycles. The summed E-state index contributed by atoms with van der Waals surface area (Å²) < 4.78 is 53.4. The van der Waals surface area contributed by atoms with Crippen molar-refractivity contribution in [2.45, 2.75) is 105 Å². The Balaban J connectivity index is 5.49. The van der Waals surface area contributed by atoms with E-state index in [0.29, 0.717) is 19.3 Å². The number of rotatable bonds is 15. The molecule has 0 aromatic heterocycles. The van der Waals surface area contributed by atoms with Crippen LogP contribution in [-0.2, 0) is 31.0 Å². The van der Waals surface area contributed by atoms with E-state index in [2.05, 4.69) is 0 Å². The van der Waals surface area contributed by atoms with Gasteiger partial charge < -0.3 is 0 Å². The fourth-order valence-corrected chi connectivity index (χ4v) is 6.22. The van der Waals surface area contributed by atoms with Crippen LogP contribution in [0.15, 0.2) is 0 Å². The van der Waals surface area contributed by atoms with Crippen LogP contribution in [0.1, 0.15) is 81.1 Å². The van der Waals surface area contributed by atoms with Crippen LogP contribution in [0.3, 0.4) is 0 Å². The highest BCUT2D eigenvalue weighted by Gasteiger charge is 2.44. The third-order valence-electron chi connectivity index (χ3n) is 3.73. The van der Waals surface area contributed by atoms with Gasteiger partial charge in [-0.25, -0.2) is 13.1 Å². The van der Waals surface area contributed by atoms with Crippen molar-refractivity contribution >= 4 is 27.7 Å². The van der Waals surface area contributed by atoms with Crippen molar-refractivity contribution < 1.29 is 31.0 Å². The summed E-state index contributed by atoms with van der Waals surface area (Å²) in [5.74, 6) is 0. The molecular weight excluding hydrogens is 398 g/mol. The normalized spacial score (nSPS) is 21.4. The van der Waals surface area contributed by atoms with E-state index < -0.39 is 34.0 Å². The van der Waals surface area contributed by atoms with Crippen molar-refractivity contribution in [3.8, 4) is 0 Å². The van der Waals surface area contributed by atoms with Crippen LogP contribution in [0.25, 0.3) is 0 Å². The Bertz CT molecular complexity index is 462. The Morgan fingerprint density at radius 3 is 1.42 bits per heavy atom. The minimum absolute atomic E-state index is 0.0674. The molecule has 0 aliphatic rings. The maximum Gasteiger partial charge on any atom is 0.495 e. The molecule has 10 heteroatoms. The van der Waals surface area contributed by atoms with Crippen LogP contribution in [0.5, 0.6) is 0 Å². The number of phosphoric ester groups is 1. The lowest BCUT2D eigenvalue weighted by Crippen LogP contribution is -2.14. The van der Waals surface area contributed by atoms with Gasteiger partial charge in [0.05, 0.1) is 18.3 Å². The Morgan fingerprint density at radius 2 is 1.08 bits per heavy atom. The molecule has 0 N–H and O–H groups in total. The Hall–Kier alpha value is 0.610. The van der Waals surface area contributed by atoms with Crippen LogP contribution in [0.2, 0.25) is 0 Å². The Labute approximate surface area is 163 Å². The summed E-state index contributed by atoms with van der Waals surface area (Å²) in [7, 11) is -8.31. The lowest BCUT2D eigenvalue weighted by atomic mass is 10.3. The van der Waals surface area contributed by atoms with E-state index in [1.54, 1.807) is 20.8 Å². The summed E-state index contributed by atoms with van der Waals surface area (Å²) in [4.78, 5) is 0. The predicted octanol–water partition coefficient (Wildman–Crippen LogP) is 7.13. The van der Waals surface area contributed by atoms with E-state index in [0.717, 1.165) is 18.5 Å². The molecule has 0 amide bonds. The second kappa shape index (κ2) is 12.9. The number of hydrogen-bond donors (Lipinski definition) is 0. The quantitative estimate of drug-likeness (QED) is 0.199. The van der Waals surface area contributed by atoms with Crippen LogP contribution < -0.4 is 0 Å². The van der Waals surface area contributed by atoms with Crippen molar-refractivity contribution in [1.29, 1.82) is 0 Å². The van der Waals surface area contributed by atoms with Crippen molar-refractivity contribution in [3.05, 3.63) is 0 Å². The standard InChI is InChI=1S/C16H36O7P2S/c1-9-13(5)19-24(17,20-14(6)10-2)22-25(18,21-15(7)11-3)23-26-16(8)12-4/h13-16H,9-12H2,1-8H3. The van der Waals surface area contributed by atoms with Gasteiger partial charge in [0.1, 0.15) is 0 Å². The summed E-state index contributed by atoms with van der Waals surface area (Å²) in [6.07, 6.45) is 1.38. The zero-order valence-electron chi connectivity index (χ0n) is 17.3. The number of hydrogen-bond acceptors (Lipinski definition) is 8. The van der Waals surface area contributed by atoms with Crippen LogP contribution in [-0.4, -0.2) is 23.6 Å². The van der Waals surface area contributed by atoms with Crippen molar-refractivity contribution in [2.24, 2.45) is 0 Å². The van der Waals surface area contributed by atoms with E-state index in [4.69, 9.17) is 21.9 Å². The first-order valence-corrected chi connectivity index (χ1v) is 13.1. The fraction of sp³-hybridized carbons (Fsp3) is 1.00. The average Bonchev–Trinajstić information content (AvgIpc) is 2.58. The lowest BCUT2D eigenvalue weighted by Gasteiger charge is -2.27. The molecule has 0 aliphatic carbocycles. The molecule has 5 atom stereocenters. The van der Waals surface area contributed by atoms with Gasteiger partial charge in [-0.15, -0.1) is 0 Å². The van der Waals surface area contributed by atoms with Gasteiger partial charge >= 0.3 is 15.6 Å². The van der Waals surface area contributed by atoms with Gasteiger partial charge in [0.15, 0.2) is 0 Å². The molecule has 0 fully saturated rings. The third-order valence-corrected chi connectivity index (χ3v) is 8.92. The first kappa shape index (κ1) is 26.6. The van der Waals surface area contributed by atoms with Crippen molar-refractivity contribution in [1.82, 2.24) is 0 Å². The number of phosphoric acid groups is 2. The van der Waals surface area contributed by atoms with Gasteiger partial charge in [-0.3, -0.25) is 13.6 Å². The molecule has 0 rings (SSSR count). The average molecular weight is 434 g/mol. The lowest BCUT2D eigenvalue weighted by molar-refractivity contribution is 0.0720. The molecule has 0 aromatic rings. The van der Waals surface area contributed by atoms with Gasteiger partial charge in [-0.2, -0.15) is 4.31 Å². The van der Waals surface area contributed by atoms with E-state index in [1.807, 2.05) is 34.6 Å². The summed E-state index contributed by atoms with van der Waals surface area (Å²) in [6.45, 7) is 14.8. The molecule has 0 radical (unpaired) electrons. The van der Waals surface area contributed by atoms with Gasteiger partial charge in [-0.1, -0.05) is 34.6 Å². The molecular formula is C16H36O7P2S. The van der Waals surface area contributed by atoms with Gasteiger partial charge in [0.25, 0.3) is 0 Å². The smallest absolute Gasteiger partial charge is 0.284 e. The summed E-state index contributed by atoms with van der Waals surface area (Å²) in [5.41, 5.74) is 0. The molecule has 158 valence electrons. The second-order valence-corrected chi connectivity index (χ2v) is 11.0.